The van der Waals surface area contributed by atoms with Crippen LogP contribution in [0.4, 0.5) is 10.1 Å². The molecule has 2 rings (SSSR count). The zero-order valence-corrected chi connectivity index (χ0v) is 11.1. The Labute approximate surface area is 115 Å². The monoisotopic (exact) mass is 281 g/mol. The van der Waals surface area contributed by atoms with E-state index in [1.54, 1.807) is 0 Å². The van der Waals surface area contributed by atoms with E-state index >= 15 is 0 Å². The molecule has 1 aliphatic rings. The molecule has 1 aromatic rings. The maximum Gasteiger partial charge on any atom is 0.285 e. The minimum atomic E-state index is -0.747. The Morgan fingerprint density at radius 1 is 1.45 bits per heavy atom. The van der Waals surface area contributed by atoms with Gasteiger partial charge >= 0.3 is 0 Å². The Balaban J connectivity index is 2.23. The number of rotatable bonds is 3. The lowest BCUT2D eigenvalue weighted by Crippen LogP contribution is -2.52. The smallest absolute Gasteiger partial charge is 0.285 e. The van der Waals surface area contributed by atoms with Crippen LogP contribution < -0.4 is 10.6 Å². The van der Waals surface area contributed by atoms with E-state index in [0.717, 1.165) is 44.1 Å². The third kappa shape index (κ3) is 3.11. The van der Waals surface area contributed by atoms with Gasteiger partial charge in [-0.1, -0.05) is 0 Å². The normalized spacial score (nSPS) is 17.5. The van der Waals surface area contributed by atoms with E-state index in [2.05, 4.69) is 10.6 Å². The molecule has 0 atom stereocenters. The lowest BCUT2D eigenvalue weighted by molar-refractivity contribution is -0.385. The number of benzene rings is 1. The quantitative estimate of drug-likeness (QED) is 0.651. The summed E-state index contributed by atoms with van der Waals surface area (Å²) in [4.78, 5) is 22.3. The van der Waals surface area contributed by atoms with Crippen molar-refractivity contribution in [2.24, 2.45) is 0 Å². The predicted molar refractivity (Wildman–Crippen MR) is 71.0 cm³/mol. The molecule has 0 aliphatic carbocycles. The lowest BCUT2D eigenvalue weighted by Gasteiger charge is -2.34. The number of amides is 1. The number of carbonyl (C=O) groups excluding carboxylic acids is 1. The minimum Gasteiger partial charge on any atom is -0.347 e. The van der Waals surface area contributed by atoms with Gasteiger partial charge in [-0.3, -0.25) is 14.9 Å². The number of hydrogen-bond acceptors (Lipinski definition) is 4. The Morgan fingerprint density at radius 2 is 2.10 bits per heavy atom. The molecule has 0 aromatic heterocycles. The van der Waals surface area contributed by atoms with E-state index in [-0.39, 0.29) is 5.56 Å². The molecule has 2 N–H and O–H groups in total. The van der Waals surface area contributed by atoms with E-state index in [0.29, 0.717) is 0 Å². The zero-order valence-electron chi connectivity index (χ0n) is 11.1. The maximum absolute atomic E-state index is 13.1. The van der Waals surface area contributed by atoms with Gasteiger partial charge in [-0.05, 0) is 45.0 Å². The molecule has 1 heterocycles. The van der Waals surface area contributed by atoms with Gasteiger partial charge in [0.25, 0.3) is 11.6 Å². The van der Waals surface area contributed by atoms with Crippen molar-refractivity contribution in [2.75, 3.05) is 13.1 Å². The molecule has 1 fully saturated rings. The Morgan fingerprint density at radius 3 is 2.70 bits per heavy atom. The number of nitrogens with zero attached hydrogens (tertiary/aromatic N) is 1. The largest absolute Gasteiger partial charge is 0.347 e. The standard InChI is InChI=1S/C13H16FN3O3/c1-13(4-6-15-7-5-13)16-12(18)10-3-2-9(14)8-11(10)17(19)20/h2-3,8,15H,4-7H2,1H3,(H,16,18). The second-order valence-corrected chi connectivity index (χ2v) is 5.18. The van der Waals surface area contributed by atoms with Crippen molar-refractivity contribution in [1.29, 1.82) is 0 Å². The van der Waals surface area contributed by atoms with Crippen LogP contribution in [0.3, 0.4) is 0 Å². The second kappa shape index (κ2) is 5.54. The van der Waals surface area contributed by atoms with Crippen molar-refractivity contribution in [3.05, 3.63) is 39.7 Å². The van der Waals surface area contributed by atoms with Crippen LogP contribution in [0.1, 0.15) is 30.1 Å². The summed E-state index contributed by atoms with van der Waals surface area (Å²) in [6.07, 6.45) is 1.49. The summed E-state index contributed by atoms with van der Waals surface area (Å²) < 4.78 is 13.1. The van der Waals surface area contributed by atoms with Crippen LogP contribution in [0.5, 0.6) is 0 Å². The molecular formula is C13H16FN3O3. The lowest BCUT2D eigenvalue weighted by atomic mass is 9.90. The highest BCUT2D eigenvalue weighted by atomic mass is 19.1. The topological polar surface area (TPSA) is 84.3 Å². The molecular weight excluding hydrogens is 265 g/mol. The van der Waals surface area contributed by atoms with E-state index in [4.69, 9.17) is 0 Å². The van der Waals surface area contributed by atoms with Gasteiger partial charge in [-0.15, -0.1) is 0 Å². The highest BCUT2D eigenvalue weighted by Gasteiger charge is 2.31. The minimum absolute atomic E-state index is 0.115. The van der Waals surface area contributed by atoms with Crippen LogP contribution in [-0.2, 0) is 0 Å². The average Bonchev–Trinajstić information content (AvgIpc) is 2.38. The molecule has 1 aliphatic heterocycles. The molecule has 7 heteroatoms. The van der Waals surface area contributed by atoms with Crippen molar-refractivity contribution in [2.45, 2.75) is 25.3 Å². The molecule has 6 nitrogen and oxygen atoms in total. The van der Waals surface area contributed by atoms with Gasteiger partial charge in [0, 0.05) is 5.54 Å². The first kappa shape index (κ1) is 14.4. The number of halogens is 1. The summed E-state index contributed by atoms with van der Waals surface area (Å²) in [5, 5.41) is 16.9. The molecule has 0 saturated carbocycles. The van der Waals surface area contributed by atoms with Crippen LogP contribution >= 0.6 is 0 Å². The number of carbonyl (C=O) groups is 1. The van der Waals surface area contributed by atoms with Crippen LogP contribution in [0.15, 0.2) is 18.2 Å². The molecule has 0 bridgehead atoms. The summed E-state index contributed by atoms with van der Waals surface area (Å²) in [6.45, 7) is 3.46. The number of nitro groups is 1. The van der Waals surface area contributed by atoms with Gasteiger partial charge in [0.1, 0.15) is 11.4 Å². The van der Waals surface area contributed by atoms with Crippen LogP contribution in [0.2, 0.25) is 0 Å². The molecule has 0 unspecified atom stereocenters. The predicted octanol–water partition coefficient (Wildman–Crippen LogP) is 1.61. The van der Waals surface area contributed by atoms with Crippen molar-refractivity contribution < 1.29 is 14.1 Å². The molecule has 1 aromatic carbocycles. The highest BCUT2D eigenvalue weighted by molar-refractivity contribution is 5.98. The summed E-state index contributed by atoms with van der Waals surface area (Å²) in [5.74, 6) is -1.28. The first-order chi connectivity index (χ1) is 9.41. The zero-order chi connectivity index (χ0) is 14.8. The highest BCUT2D eigenvalue weighted by Crippen LogP contribution is 2.23. The first-order valence-corrected chi connectivity index (χ1v) is 6.38. The average molecular weight is 281 g/mol. The molecule has 20 heavy (non-hydrogen) atoms. The van der Waals surface area contributed by atoms with Crippen molar-refractivity contribution in [3.63, 3.8) is 0 Å². The Kier molecular flexibility index (Phi) is 3.99. The molecule has 1 amide bonds. The van der Waals surface area contributed by atoms with Gasteiger partial charge in [0.15, 0.2) is 0 Å². The van der Waals surface area contributed by atoms with E-state index in [9.17, 15) is 19.3 Å². The van der Waals surface area contributed by atoms with Crippen LogP contribution in [0, 0.1) is 15.9 Å². The SMILES string of the molecule is CC1(NC(=O)c2ccc(F)cc2[N+](=O)[O-])CCNCC1. The number of hydrogen-bond donors (Lipinski definition) is 2. The van der Waals surface area contributed by atoms with Gasteiger partial charge in [-0.2, -0.15) is 0 Å². The Hall–Kier alpha value is -2.02. The fourth-order valence-corrected chi connectivity index (χ4v) is 2.29. The van der Waals surface area contributed by atoms with Gasteiger partial charge in [0.05, 0.1) is 11.0 Å². The molecule has 108 valence electrons. The molecule has 0 radical (unpaired) electrons. The van der Waals surface area contributed by atoms with Crippen LogP contribution in [0.25, 0.3) is 0 Å². The van der Waals surface area contributed by atoms with Gasteiger partial charge in [0.2, 0.25) is 0 Å². The maximum atomic E-state index is 13.1. The van der Waals surface area contributed by atoms with Gasteiger partial charge < -0.3 is 10.6 Å². The van der Waals surface area contributed by atoms with E-state index in [1.807, 2.05) is 6.92 Å². The third-order valence-electron chi connectivity index (χ3n) is 3.52. The Bertz CT molecular complexity index is 542. The van der Waals surface area contributed by atoms with Gasteiger partial charge in [-0.25, -0.2) is 4.39 Å². The summed E-state index contributed by atoms with van der Waals surface area (Å²) >= 11 is 0. The molecule has 1 saturated heterocycles. The second-order valence-electron chi connectivity index (χ2n) is 5.18. The first-order valence-electron chi connectivity index (χ1n) is 6.38. The van der Waals surface area contributed by atoms with E-state index < -0.39 is 27.9 Å². The third-order valence-corrected chi connectivity index (χ3v) is 3.52. The number of piperidine rings is 1. The fourth-order valence-electron chi connectivity index (χ4n) is 2.29. The fraction of sp³-hybridized carbons (Fsp3) is 0.462. The van der Waals surface area contributed by atoms with Crippen molar-refractivity contribution >= 4 is 11.6 Å². The summed E-state index contributed by atoms with van der Waals surface area (Å²) in [7, 11) is 0. The van der Waals surface area contributed by atoms with Crippen LogP contribution in [-0.4, -0.2) is 29.5 Å². The van der Waals surface area contributed by atoms with Crippen molar-refractivity contribution in [3.8, 4) is 0 Å². The number of nitro benzene ring substituents is 1. The number of nitrogens with one attached hydrogen (secondary N) is 2. The molecule has 0 spiro atoms. The van der Waals surface area contributed by atoms with Crippen molar-refractivity contribution in [1.82, 2.24) is 10.6 Å². The summed E-state index contributed by atoms with van der Waals surface area (Å²) in [5.41, 5.74) is -1.03. The summed E-state index contributed by atoms with van der Waals surface area (Å²) in [6, 6.07) is 2.96. The van der Waals surface area contributed by atoms with E-state index in [1.165, 1.54) is 0 Å².